The van der Waals surface area contributed by atoms with E-state index in [4.69, 9.17) is 5.11 Å². The van der Waals surface area contributed by atoms with Crippen molar-refractivity contribution in [3.05, 3.63) is 0 Å². The molecule has 1 fully saturated rings. The Morgan fingerprint density at radius 2 is 2.21 bits per heavy atom. The van der Waals surface area contributed by atoms with Gasteiger partial charge < -0.3 is 14.7 Å². The van der Waals surface area contributed by atoms with Crippen molar-refractivity contribution in [1.29, 1.82) is 0 Å². The molecule has 14 heavy (non-hydrogen) atoms. The standard InChI is InChI=1S/C9H15NO4/c1-9(6-7(11)14-2)4-3-5-10(9)8(12)13/h3-6H2,1-2H3,(H,12,13). The second kappa shape index (κ2) is 3.86. The number of hydrogen-bond acceptors (Lipinski definition) is 3. The summed E-state index contributed by atoms with van der Waals surface area (Å²) in [6.07, 6.45) is 0.693. The summed E-state index contributed by atoms with van der Waals surface area (Å²) in [5, 5.41) is 8.91. The lowest BCUT2D eigenvalue weighted by molar-refractivity contribution is -0.143. The van der Waals surface area contributed by atoms with Crippen LogP contribution >= 0.6 is 0 Å². The van der Waals surface area contributed by atoms with E-state index in [2.05, 4.69) is 4.74 Å². The molecular formula is C9H15NO4. The van der Waals surface area contributed by atoms with Crippen LogP contribution in [-0.4, -0.2) is 41.3 Å². The summed E-state index contributed by atoms with van der Waals surface area (Å²) in [5.74, 6) is -0.361. The maximum atomic E-state index is 11.1. The summed E-state index contributed by atoms with van der Waals surface area (Å²) in [6.45, 7) is 2.29. The Labute approximate surface area is 82.6 Å². The van der Waals surface area contributed by atoms with E-state index < -0.39 is 11.6 Å². The Morgan fingerprint density at radius 1 is 1.57 bits per heavy atom. The van der Waals surface area contributed by atoms with Gasteiger partial charge in [-0.25, -0.2) is 4.79 Å². The van der Waals surface area contributed by atoms with Crippen LogP contribution in [0.1, 0.15) is 26.2 Å². The number of amides is 1. The van der Waals surface area contributed by atoms with Gasteiger partial charge in [0.1, 0.15) is 0 Å². The van der Waals surface area contributed by atoms with Crippen LogP contribution in [0.3, 0.4) is 0 Å². The van der Waals surface area contributed by atoms with Gasteiger partial charge in [0.2, 0.25) is 0 Å². The van der Waals surface area contributed by atoms with Crippen LogP contribution in [0.2, 0.25) is 0 Å². The van der Waals surface area contributed by atoms with Gasteiger partial charge in [0.25, 0.3) is 0 Å². The van der Waals surface area contributed by atoms with Crippen LogP contribution in [0.25, 0.3) is 0 Å². The molecule has 1 rings (SSSR count). The first-order valence-corrected chi connectivity index (χ1v) is 4.57. The van der Waals surface area contributed by atoms with Crippen molar-refractivity contribution in [3.8, 4) is 0 Å². The molecule has 1 N–H and O–H groups in total. The number of methoxy groups -OCH3 is 1. The van der Waals surface area contributed by atoms with Gasteiger partial charge in [-0.15, -0.1) is 0 Å². The van der Waals surface area contributed by atoms with Gasteiger partial charge in [0.05, 0.1) is 19.1 Å². The minimum atomic E-state index is -0.964. The predicted molar refractivity (Wildman–Crippen MR) is 49.0 cm³/mol. The fourth-order valence-electron chi connectivity index (χ4n) is 1.92. The van der Waals surface area contributed by atoms with E-state index in [1.165, 1.54) is 12.0 Å². The molecule has 1 aliphatic heterocycles. The molecule has 5 heteroatoms. The molecule has 1 heterocycles. The van der Waals surface area contributed by atoms with Gasteiger partial charge in [-0.2, -0.15) is 0 Å². The Hall–Kier alpha value is -1.26. The zero-order valence-corrected chi connectivity index (χ0v) is 8.45. The first-order valence-electron chi connectivity index (χ1n) is 4.57. The monoisotopic (exact) mass is 201 g/mol. The summed E-state index contributed by atoms with van der Waals surface area (Å²) in [6, 6.07) is 0. The molecule has 1 aliphatic rings. The van der Waals surface area contributed by atoms with Crippen molar-refractivity contribution in [2.24, 2.45) is 0 Å². The molecule has 0 aromatic rings. The molecule has 0 aromatic carbocycles. The minimum absolute atomic E-state index is 0.135. The summed E-state index contributed by atoms with van der Waals surface area (Å²) in [7, 11) is 1.31. The Bertz CT molecular complexity index is 253. The zero-order chi connectivity index (χ0) is 10.8. The summed E-state index contributed by atoms with van der Waals surface area (Å²) in [4.78, 5) is 23.3. The van der Waals surface area contributed by atoms with E-state index in [1.54, 1.807) is 6.92 Å². The third-order valence-electron chi connectivity index (χ3n) is 2.73. The zero-order valence-electron chi connectivity index (χ0n) is 8.45. The second-order valence-electron chi connectivity index (χ2n) is 3.79. The number of ether oxygens (including phenoxy) is 1. The first-order chi connectivity index (χ1) is 6.49. The maximum Gasteiger partial charge on any atom is 0.407 e. The lowest BCUT2D eigenvalue weighted by Crippen LogP contribution is -2.45. The van der Waals surface area contributed by atoms with Gasteiger partial charge >= 0.3 is 12.1 Å². The SMILES string of the molecule is COC(=O)CC1(C)CCCN1C(=O)O. The highest BCUT2D eigenvalue weighted by Crippen LogP contribution is 2.32. The molecule has 5 nitrogen and oxygen atoms in total. The average Bonchev–Trinajstić information content (AvgIpc) is 2.46. The van der Waals surface area contributed by atoms with Crippen LogP contribution in [-0.2, 0) is 9.53 Å². The molecule has 0 aromatic heterocycles. The van der Waals surface area contributed by atoms with E-state index >= 15 is 0 Å². The third kappa shape index (κ3) is 1.97. The lowest BCUT2D eigenvalue weighted by Gasteiger charge is -2.31. The molecule has 0 spiro atoms. The largest absolute Gasteiger partial charge is 0.469 e. The highest BCUT2D eigenvalue weighted by atomic mass is 16.5. The van der Waals surface area contributed by atoms with Crippen molar-refractivity contribution in [3.63, 3.8) is 0 Å². The third-order valence-corrected chi connectivity index (χ3v) is 2.73. The first kappa shape index (κ1) is 10.8. The number of carboxylic acid groups (broad SMARTS) is 1. The molecule has 0 aliphatic carbocycles. The van der Waals surface area contributed by atoms with Crippen LogP contribution in [0.15, 0.2) is 0 Å². The van der Waals surface area contributed by atoms with Gasteiger partial charge in [-0.3, -0.25) is 4.79 Å². The van der Waals surface area contributed by atoms with Crippen molar-refractivity contribution < 1.29 is 19.4 Å². The maximum absolute atomic E-state index is 11.1. The topological polar surface area (TPSA) is 66.8 Å². The number of carbonyl (C=O) groups is 2. The summed E-state index contributed by atoms with van der Waals surface area (Å²) >= 11 is 0. The molecule has 1 unspecified atom stereocenters. The van der Waals surface area contributed by atoms with E-state index in [-0.39, 0.29) is 12.4 Å². The molecule has 0 saturated carbocycles. The van der Waals surface area contributed by atoms with Gasteiger partial charge in [-0.05, 0) is 19.8 Å². The fraction of sp³-hybridized carbons (Fsp3) is 0.778. The van der Waals surface area contributed by atoms with Gasteiger partial charge in [-0.1, -0.05) is 0 Å². The molecule has 80 valence electrons. The van der Waals surface area contributed by atoms with Crippen LogP contribution in [0.4, 0.5) is 4.79 Å². The van der Waals surface area contributed by atoms with Gasteiger partial charge in [0, 0.05) is 6.54 Å². The quantitative estimate of drug-likeness (QED) is 0.679. The summed E-state index contributed by atoms with van der Waals surface area (Å²) in [5.41, 5.74) is -0.584. The van der Waals surface area contributed by atoms with Crippen LogP contribution < -0.4 is 0 Å². The lowest BCUT2D eigenvalue weighted by atomic mass is 9.95. The van der Waals surface area contributed by atoms with E-state index in [9.17, 15) is 9.59 Å². The predicted octanol–water partition coefficient (Wildman–Crippen LogP) is 1.08. The summed E-state index contributed by atoms with van der Waals surface area (Å²) < 4.78 is 4.55. The molecule has 1 atom stereocenters. The molecular weight excluding hydrogens is 186 g/mol. The number of rotatable bonds is 2. The Balaban J connectivity index is 2.71. The average molecular weight is 201 g/mol. The van der Waals surface area contributed by atoms with E-state index in [1.807, 2.05) is 0 Å². The molecule has 0 radical (unpaired) electrons. The van der Waals surface area contributed by atoms with E-state index in [0.717, 1.165) is 6.42 Å². The number of likely N-dealkylation sites (tertiary alicyclic amines) is 1. The number of carbonyl (C=O) groups excluding carboxylic acids is 1. The minimum Gasteiger partial charge on any atom is -0.469 e. The fourth-order valence-corrected chi connectivity index (χ4v) is 1.92. The van der Waals surface area contributed by atoms with Crippen molar-refractivity contribution in [2.75, 3.05) is 13.7 Å². The highest BCUT2D eigenvalue weighted by Gasteiger charge is 2.41. The second-order valence-corrected chi connectivity index (χ2v) is 3.79. The molecule has 1 saturated heterocycles. The van der Waals surface area contributed by atoms with Crippen LogP contribution in [0.5, 0.6) is 0 Å². The highest BCUT2D eigenvalue weighted by molar-refractivity contribution is 5.73. The van der Waals surface area contributed by atoms with Crippen molar-refractivity contribution >= 4 is 12.1 Å². The van der Waals surface area contributed by atoms with Gasteiger partial charge in [0.15, 0.2) is 0 Å². The molecule has 0 bridgehead atoms. The van der Waals surface area contributed by atoms with Crippen molar-refractivity contribution in [1.82, 2.24) is 4.90 Å². The Kier molecular flexibility index (Phi) is 2.98. The normalized spacial score (nSPS) is 26.3. The van der Waals surface area contributed by atoms with Crippen molar-refractivity contribution in [2.45, 2.75) is 31.7 Å². The number of esters is 1. The van der Waals surface area contributed by atoms with E-state index in [0.29, 0.717) is 13.0 Å². The van der Waals surface area contributed by atoms with Crippen LogP contribution in [0, 0.1) is 0 Å². The Morgan fingerprint density at radius 3 is 2.71 bits per heavy atom. The smallest absolute Gasteiger partial charge is 0.407 e. The number of hydrogen-bond donors (Lipinski definition) is 1. The number of nitrogens with zero attached hydrogens (tertiary/aromatic N) is 1. The molecule has 1 amide bonds.